The van der Waals surface area contributed by atoms with E-state index >= 15 is 0 Å². The van der Waals surface area contributed by atoms with Crippen LogP contribution in [0.25, 0.3) is 0 Å². The first-order valence-electron chi connectivity index (χ1n) is 4.70. The van der Waals surface area contributed by atoms with Crippen molar-refractivity contribution >= 4 is 5.69 Å². The van der Waals surface area contributed by atoms with Crippen LogP contribution in [0.1, 0.15) is 25.3 Å². The van der Waals surface area contributed by atoms with E-state index < -0.39 is 0 Å². The molecular formula is C11H14N2O. The average molecular weight is 190 g/mol. The van der Waals surface area contributed by atoms with Gasteiger partial charge in [0.25, 0.3) is 0 Å². The van der Waals surface area contributed by atoms with Crippen molar-refractivity contribution in [1.82, 2.24) is 0 Å². The van der Waals surface area contributed by atoms with Gasteiger partial charge in [-0.25, -0.2) is 0 Å². The van der Waals surface area contributed by atoms with E-state index in [0.29, 0.717) is 23.6 Å². The maximum atomic E-state index is 8.73. The largest absolute Gasteiger partial charge is 0.494 e. The first kappa shape index (κ1) is 10.4. The number of benzene rings is 1. The van der Waals surface area contributed by atoms with Gasteiger partial charge in [0.05, 0.1) is 12.2 Å². The molecule has 0 fully saturated rings. The number of nitrogens with two attached hydrogens (primary N) is 1. The molecule has 0 aliphatic carbocycles. The Morgan fingerprint density at radius 1 is 1.50 bits per heavy atom. The topological polar surface area (TPSA) is 59.0 Å². The van der Waals surface area contributed by atoms with Crippen LogP contribution in [0.5, 0.6) is 5.75 Å². The first-order valence-corrected chi connectivity index (χ1v) is 4.70. The highest BCUT2D eigenvalue weighted by Gasteiger charge is 2.00. The second kappa shape index (κ2) is 5.13. The summed E-state index contributed by atoms with van der Waals surface area (Å²) in [6.07, 6.45) is 2.12. The van der Waals surface area contributed by atoms with Gasteiger partial charge in [-0.15, -0.1) is 0 Å². The molecular weight excluding hydrogens is 176 g/mol. The zero-order chi connectivity index (χ0) is 10.4. The first-order chi connectivity index (χ1) is 6.77. The van der Waals surface area contributed by atoms with Crippen molar-refractivity contribution in [2.45, 2.75) is 19.8 Å². The lowest BCUT2D eigenvalue weighted by molar-refractivity contribution is 0.309. The van der Waals surface area contributed by atoms with Crippen molar-refractivity contribution in [3.63, 3.8) is 0 Å². The van der Waals surface area contributed by atoms with Crippen LogP contribution in [-0.4, -0.2) is 6.61 Å². The molecule has 0 unspecified atom stereocenters. The van der Waals surface area contributed by atoms with Crippen LogP contribution in [0.3, 0.4) is 0 Å². The van der Waals surface area contributed by atoms with E-state index in [0.717, 1.165) is 12.8 Å². The van der Waals surface area contributed by atoms with Gasteiger partial charge in [0.15, 0.2) is 0 Å². The summed E-state index contributed by atoms with van der Waals surface area (Å²) < 4.78 is 5.44. The van der Waals surface area contributed by atoms with E-state index in [2.05, 4.69) is 6.92 Å². The van der Waals surface area contributed by atoms with Crippen LogP contribution < -0.4 is 10.5 Å². The summed E-state index contributed by atoms with van der Waals surface area (Å²) in [5.74, 6) is 0.712. The van der Waals surface area contributed by atoms with Crippen molar-refractivity contribution in [2.75, 3.05) is 12.3 Å². The van der Waals surface area contributed by atoms with E-state index in [1.807, 2.05) is 6.07 Å². The molecule has 0 bridgehead atoms. The third-order valence-corrected chi connectivity index (χ3v) is 1.91. The maximum absolute atomic E-state index is 8.73. The fraction of sp³-hybridized carbons (Fsp3) is 0.364. The highest BCUT2D eigenvalue weighted by atomic mass is 16.5. The molecule has 3 heteroatoms. The molecule has 74 valence electrons. The molecule has 0 saturated heterocycles. The Kier molecular flexibility index (Phi) is 3.81. The molecule has 0 heterocycles. The Morgan fingerprint density at radius 3 is 2.93 bits per heavy atom. The number of nitriles is 1. The van der Waals surface area contributed by atoms with E-state index in [4.69, 9.17) is 15.7 Å². The predicted octanol–water partition coefficient (Wildman–Crippen LogP) is 2.32. The normalized spacial score (nSPS) is 9.43. The molecule has 3 nitrogen and oxygen atoms in total. The minimum Gasteiger partial charge on any atom is -0.494 e. The second-order valence-electron chi connectivity index (χ2n) is 3.06. The van der Waals surface area contributed by atoms with Crippen molar-refractivity contribution in [3.05, 3.63) is 23.8 Å². The van der Waals surface area contributed by atoms with Crippen LogP contribution in [0.4, 0.5) is 5.69 Å². The van der Waals surface area contributed by atoms with Gasteiger partial charge < -0.3 is 10.5 Å². The van der Waals surface area contributed by atoms with E-state index in [-0.39, 0.29) is 0 Å². The monoisotopic (exact) mass is 190 g/mol. The number of nitrogens with zero attached hydrogens (tertiary/aromatic N) is 1. The van der Waals surface area contributed by atoms with Crippen molar-refractivity contribution in [2.24, 2.45) is 0 Å². The molecule has 0 saturated carbocycles. The summed E-state index contributed by atoms with van der Waals surface area (Å²) in [5, 5.41) is 8.73. The zero-order valence-electron chi connectivity index (χ0n) is 8.29. The number of nitrogen functional groups attached to an aromatic ring is 1. The Bertz CT molecular complexity index is 342. The Labute approximate surface area is 84.1 Å². The summed E-state index contributed by atoms with van der Waals surface area (Å²) in [6, 6.07) is 7.17. The summed E-state index contributed by atoms with van der Waals surface area (Å²) in [5.41, 5.74) is 6.54. The second-order valence-corrected chi connectivity index (χ2v) is 3.06. The fourth-order valence-electron chi connectivity index (χ4n) is 1.06. The SMILES string of the molecule is CCCCOc1ccc(N)c(C#N)c1. The average Bonchev–Trinajstić information content (AvgIpc) is 2.21. The lowest BCUT2D eigenvalue weighted by Gasteiger charge is -2.06. The minimum atomic E-state index is 0.471. The van der Waals surface area contributed by atoms with Crippen LogP contribution >= 0.6 is 0 Å². The molecule has 0 atom stereocenters. The number of unbranched alkanes of at least 4 members (excludes halogenated alkanes) is 1. The lowest BCUT2D eigenvalue weighted by Crippen LogP contribution is -1.98. The van der Waals surface area contributed by atoms with E-state index in [1.165, 1.54) is 0 Å². The van der Waals surface area contributed by atoms with Gasteiger partial charge in [0, 0.05) is 5.69 Å². The lowest BCUT2D eigenvalue weighted by atomic mass is 10.2. The van der Waals surface area contributed by atoms with Crippen molar-refractivity contribution in [3.8, 4) is 11.8 Å². The molecule has 1 aromatic carbocycles. The third kappa shape index (κ3) is 2.67. The van der Waals surface area contributed by atoms with Gasteiger partial charge in [0.1, 0.15) is 11.8 Å². The summed E-state index contributed by atoms with van der Waals surface area (Å²) in [7, 11) is 0. The van der Waals surface area contributed by atoms with E-state index in [9.17, 15) is 0 Å². The minimum absolute atomic E-state index is 0.471. The Hall–Kier alpha value is -1.69. The fourth-order valence-corrected chi connectivity index (χ4v) is 1.06. The van der Waals surface area contributed by atoms with Crippen molar-refractivity contribution < 1.29 is 4.74 Å². The van der Waals surface area contributed by atoms with Crippen molar-refractivity contribution in [1.29, 1.82) is 5.26 Å². The van der Waals surface area contributed by atoms with Crippen LogP contribution in [0.15, 0.2) is 18.2 Å². The van der Waals surface area contributed by atoms with Gasteiger partial charge in [0.2, 0.25) is 0 Å². The quantitative estimate of drug-likeness (QED) is 0.585. The van der Waals surface area contributed by atoms with Gasteiger partial charge in [-0.05, 0) is 24.6 Å². The number of hydrogen-bond donors (Lipinski definition) is 1. The third-order valence-electron chi connectivity index (χ3n) is 1.91. The molecule has 1 aromatic rings. The molecule has 14 heavy (non-hydrogen) atoms. The van der Waals surface area contributed by atoms with Gasteiger partial charge >= 0.3 is 0 Å². The maximum Gasteiger partial charge on any atom is 0.120 e. The highest BCUT2D eigenvalue weighted by Crippen LogP contribution is 2.18. The van der Waals surface area contributed by atoms with Crippen LogP contribution in [0, 0.1) is 11.3 Å². The molecule has 0 aromatic heterocycles. The van der Waals surface area contributed by atoms with Gasteiger partial charge in [-0.3, -0.25) is 0 Å². The summed E-state index contributed by atoms with van der Waals surface area (Å²) >= 11 is 0. The zero-order valence-corrected chi connectivity index (χ0v) is 8.29. The number of rotatable bonds is 4. The summed E-state index contributed by atoms with van der Waals surface area (Å²) in [4.78, 5) is 0. The molecule has 1 rings (SSSR count). The molecule has 2 N–H and O–H groups in total. The number of anilines is 1. The Morgan fingerprint density at radius 2 is 2.29 bits per heavy atom. The number of ether oxygens (including phenoxy) is 1. The smallest absolute Gasteiger partial charge is 0.120 e. The molecule has 0 aliphatic rings. The van der Waals surface area contributed by atoms with Crippen LogP contribution in [-0.2, 0) is 0 Å². The predicted molar refractivity (Wildman–Crippen MR) is 56.0 cm³/mol. The van der Waals surface area contributed by atoms with Crippen LogP contribution in [0.2, 0.25) is 0 Å². The molecule has 0 spiro atoms. The summed E-state index contributed by atoms with van der Waals surface area (Å²) in [6.45, 7) is 2.79. The molecule has 0 amide bonds. The van der Waals surface area contributed by atoms with E-state index in [1.54, 1.807) is 18.2 Å². The highest BCUT2D eigenvalue weighted by molar-refractivity contribution is 5.56. The molecule has 0 radical (unpaired) electrons. The van der Waals surface area contributed by atoms with Gasteiger partial charge in [-0.2, -0.15) is 5.26 Å². The Balaban J connectivity index is 2.66. The molecule has 0 aliphatic heterocycles. The standard InChI is InChI=1S/C11H14N2O/c1-2-3-6-14-10-4-5-11(13)9(7-10)8-12/h4-5,7H,2-3,6,13H2,1H3. The number of hydrogen-bond acceptors (Lipinski definition) is 3. The van der Waals surface area contributed by atoms with Gasteiger partial charge in [-0.1, -0.05) is 13.3 Å².